The summed E-state index contributed by atoms with van der Waals surface area (Å²) in [5, 5.41) is 8.20. The number of amides is 1. The van der Waals surface area contributed by atoms with E-state index in [1.165, 1.54) is 17.7 Å². The lowest BCUT2D eigenvalue weighted by Gasteiger charge is -2.02. The number of primary amides is 1. The number of benzene rings is 1. The van der Waals surface area contributed by atoms with Gasteiger partial charge in [-0.1, -0.05) is 26.0 Å². The van der Waals surface area contributed by atoms with Gasteiger partial charge in [0.05, 0.1) is 0 Å². The maximum absolute atomic E-state index is 10.8. The Morgan fingerprint density at radius 3 is 2.24 bits per heavy atom. The number of thioether (sulfide) groups is 1. The summed E-state index contributed by atoms with van der Waals surface area (Å²) in [5.74, 6) is -0.683. The van der Waals surface area contributed by atoms with Gasteiger partial charge in [-0.15, -0.1) is 11.8 Å². The van der Waals surface area contributed by atoms with Crippen molar-refractivity contribution in [1.82, 2.24) is 0 Å². The summed E-state index contributed by atoms with van der Waals surface area (Å²) in [4.78, 5) is 12.0. The first-order valence-electron chi connectivity index (χ1n) is 5.82. The Labute approximate surface area is 106 Å². The van der Waals surface area contributed by atoms with Gasteiger partial charge in [0.15, 0.2) is 0 Å². The number of nitrogens with two attached hydrogens (primary N) is 1. The van der Waals surface area contributed by atoms with Gasteiger partial charge in [0.1, 0.15) is 5.71 Å². The van der Waals surface area contributed by atoms with Crippen molar-refractivity contribution in [2.45, 2.75) is 36.8 Å². The molecule has 92 valence electrons. The highest BCUT2D eigenvalue weighted by Crippen LogP contribution is 2.38. The maximum Gasteiger partial charge on any atom is 0.267 e. The summed E-state index contributed by atoms with van der Waals surface area (Å²) in [6.45, 7) is 4.00. The Morgan fingerprint density at radius 2 is 1.82 bits per heavy atom. The molecule has 0 aliphatic heterocycles. The number of hydrogen-bond acceptors (Lipinski definition) is 3. The molecule has 0 atom stereocenters. The number of hydrogen-bond donors (Lipinski definition) is 2. The molecule has 1 saturated carbocycles. The van der Waals surface area contributed by atoms with Gasteiger partial charge in [-0.2, -0.15) is 0 Å². The van der Waals surface area contributed by atoms with E-state index in [2.05, 4.69) is 0 Å². The van der Waals surface area contributed by atoms with Gasteiger partial charge in [0, 0.05) is 15.7 Å². The van der Waals surface area contributed by atoms with Crippen molar-refractivity contribution in [1.29, 1.82) is 5.41 Å². The van der Waals surface area contributed by atoms with Crippen molar-refractivity contribution >= 4 is 23.4 Å². The van der Waals surface area contributed by atoms with Crippen LogP contribution in [0, 0.1) is 5.41 Å². The summed E-state index contributed by atoms with van der Waals surface area (Å²) in [6.07, 6.45) is 2.59. The van der Waals surface area contributed by atoms with E-state index < -0.39 is 5.91 Å². The lowest BCUT2D eigenvalue weighted by Crippen LogP contribution is -2.22. The molecule has 3 N–H and O–H groups in total. The standard InChI is InChI=1S/C11H12N2OS.C2H6/c12-10(11(13)14)7-1-3-8(4-2-7)15-9-5-6-9;1-2/h1-4,9,12H,5-6H2,(H2,13,14);1-2H3. The fourth-order valence-corrected chi connectivity index (χ4v) is 2.27. The van der Waals surface area contributed by atoms with Crippen LogP contribution < -0.4 is 5.73 Å². The lowest BCUT2D eigenvalue weighted by atomic mass is 10.1. The van der Waals surface area contributed by atoms with Crippen LogP contribution in [0.4, 0.5) is 0 Å². The van der Waals surface area contributed by atoms with Crippen molar-refractivity contribution in [3.63, 3.8) is 0 Å². The van der Waals surface area contributed by atoms with Crippen molar-refractivity contribution in [3.8, 4) is 0 Å². The summed E-state index contributed by atoms with van der Waals surface area (Å²) in [6, 6.07) is 7.43. The van der Waals surface area contributed by atoms with Crippen molar-refractivity contribution in [2.75, 3.05) is 0 Å². The first-order chi connectivity index (χ1) is 8.16. The average molecular weight is 250 g/mol. The van der Waals surface area contributed by atoms with Crippen molar-refractivity contribution in [3.05, 3.63) is 29.8 Å². The molecule has 1 amide bonds. The van der Waals surface area contributed by atoms with Crippen LogP contribution in [0.1, 0.15) is 32.3 Å². The minimum Gasteiger partial charge on any atom is -0.364 e. The summed E-state index contributed by atoms with van der Waals surface area (Å²) >= 11 is 1.85. The van der Waals surface area contributed by atoms with Crippen molar-refractivity contribution < 1.29 is 4.79 Å². The van der Waals surface area contributed by atoms with E-state index in [9.17, 15) is 4.79 Å². The smallest absolute Gasteiger partial charge is 0.267 e. The third-order valence-corrected chi connectivity index (χ3v) is 3.57. The second kappa shape index (κ2) is 6.45. The van der Waals surface area contributed by atoms with Crippen LogP contribution >= 0.6 is 11.8 Å². The molecule has 1 fully saturated rings. The van der Waals surface area contributed by atoms with E-state index in [-0.39, 0.29) is 5.71 Å². The molecular formula is C13H18N2OS. The van der Waals surface area contributed by atoms with Gasteiger partial charge in [0.2, 0.25) is 0 Å². The van der Waals surface area contributed by atoms with Gasteiger partial charge in [-0.3, -0.25) is 10.2 Å². The highest BCUT2D eigenvalue weighted by molar-refractivity contribution is 8.00. The first-order valence-corrected chi connectivity index (χ1v) is 6.70. The molecule has 1 aromatic rings. The number of carbonyl (C=O) groups excluding carboxylic acids is 1. The number of nitrogens with one attached hydrogen (secondary N) is 1. The minimum atomic E-state index is -0.683. The highest BCUT2D eigenvalue weighted by Gasteiger charge is 2.22. The SMILES string of the molecule is CC.N=C(C(N)=O)c1ccc(SC2CC2)cc1. The molecule has 0 spiro atoms. The molecule has 1 aromatic carbocycles. The quantitative estimate of drug-likeness (QED) is 0.807. The molecule has 4 heteroatoms. The normalized spacial score (nSPS) is 13.5. The van der Waals surface area contributed by atoms with Gasteiger partial charge in [-0.05, 0) is 25.0 Å². The van der Waals surface area contributed by atoms with Crippen LogP contribution in [-0.4, -0.2) is 16.9 Å². The molecule has 2 rings (SSSR count). The number of carbonyl (C=O) groups is 1. The summed E-state index contributed by atoms with van der Waals surface area (Å²) in [5.41, 5.74) is 5.49. The van der Waals surface area contributed by atoms with Crippen LogP contribution in [0.25, 0.3) is 0 Å². The summed E-state index contributed by atoms with van der Waals surface area (Å²) < 4.78 is 0. The molecule has 0 bridgehead atoms. The zero-order valence-corrected chi connectivity index (χ0v) is 11.0. The van der Waals surface area contributed by atoms with Crippen molar-refractivity contribution in [2.24, 2.45) is 5.73 Å². The second-order valence-corrected chi connectivity index (χ2v) is 4.95. The van der Waals surface area contributed by atoms with Crippen LogP contribution in [0.5, 0.6) is 0 Å². The van der Waals surface area contributed by atoms with Crippen LogP contribution in [0.2, 0.25) is 0 Å². The van der Waals surface area contributed by atoms with Gasteiger partial charge in [0.25, 0.3) is 5.91 Å². The van der Waals surface area contributed by atoms with E-state index in [0.717, 1.165) is 5.25 Å². The topological polar surface area (TPSA) is 66.9 Å². The Morgan fingerprint density at radius 1 is 1.29 bits per heavy atom. The second-order valence-electron chi connectivity index (χ2n) is 3.58. The van der Waals surface area contributed by atoms with Crippen LogP contribution in [-0.2, 0) is 4.79 Å². The molecular weight excluding hydrogens is 232 g/mol. The monoisotopic (exact) mass is 250 g/mol. The first kappa shape index (κ1) is 13.8. The molecule has 17 heavy (non-hydrogen) atoms. The molecule has 3 nitrogen and oxygen atoms in total. The zero-order chi connectivity index (χ0) is 12.8. The molecule has 0 radical (unpaired) electrons. The molecule has 1 aliphatic carbocycles. The molecule has 1 aliphatic rings. The van der Waals surface area contributed by atoms with E-state index in [1.54, 1.807) is 12.1 Å². The van der Waals surface area contributed by atoms with E-state index in [4.69, 9.17) is 11.1 Å². The largest absolute Gasteiger partial charge is 0.364 e. The predicted octanol–water partition coefficient (Wildman–Crippen LogP) is 2.82. The third kappa shape index (κ3) is 4.23. The Balaban J connectivity index is 0.000000686. The maximum atomic E-state index is 10.8. The number of rotatable bonds is 4. The van der Waals surface area contributed by atoms with E-state index >= 15 is 0 Å². The van der Waals surface area contributed by atoms with Crippen LogP contribution in [0.3, 0.4) is 0 Å². The Bertz CT molecular complexity index is 396. The zero-order valence-electron chi connectivity index (χ0n) is 10.2. The molecule has 0 saturated heterocycles. The average Bonchev–Trinajstić information content (AvgIpc) is 3.15. The predicted molar refractivity (Wildman–Crippen MR) is 72.7 cm³/mol. The van der Waals surface area contributed by atoms with Crippen LogP contribution in [0.15, 0.2) is 29.2 Å². The minimum absolute atomic E-state index is 0.127. The highest BCUT2D eigenvalue weighted by atomic mass is 32.2. The van der Waals surface area contributed by atoms with E-state index in [1.807, 2.05) is 37.7 Å². The Hall–Kier alpha value is -1.29. The fourth-order valence-electron chi connectivity index (χ4n) is 1.22. The van der Waals surface area contributed by atoms with Gasteiger partial charge >= 0.3 is 0 Å². The summed E-state index contributed by atoms with van der Waals surface area (Å²) in [7, 11) is 0. The van der Waals surface area contributed by atoms with Gasteiger partial charge in [-0.25, -0.2) is 0 Å². The fraction of sp³-hybridized carbons (Fsp3) is 0.385. The third-order valence-electron chi connectivity index (χ3n) is 2.22. The van der Waals surface area contributed by atoms with E-state index in [0.29, 0.717) is 5.56 Å². The lowest BCUT2D eigenvalue weighted by molar-refractivity contribution is -0.112. The van der Waals surface area contributed by atoms with Gasteiger partial charge < -0.3 is 5.73 Å². The Kier molecular flexibility index (Phi) is 5.22. The molecule has 0 unspecified atom stereocenters. The molecule has 0 aromatic heterocycles. The molecule has 0 heterocycles.